The number of fused-ring (bicyclic) bond motifs is 3. The topological polar surface area (TPSA) is 50.9 Å². The van der Waals surface area contributed by atoms with Gasteiger partial charge in [-0.2, -0.15) is 0 Å². The number of imidazole rings is 1. The Morgan fingerprint density at radius 2 is 1.09 bits per heavy atom. The molecule has 376 valence electrons. The maximum absolute atomic E-state index is 12.7. The molecule has 0 aliphatic rings. The summed E-state index contributed by atoms with van der Waals surface area (Å²) in [5.41, 5.74) is 17.2. The van der Waals surface area contributed by atoms with Crippen LogP contribution in [0.5, 0.6) is 5.75 Å². The van der Waals surface area contributed by atoms with Gasteiger partial charge >= 0.3 is 0 Å². The van der Waals surface area contributed by atoms with Crippen LogP contribution in [0.2, 0.25) is 0 Å². The number of pyridine rings is 1. The number of aryl methyl sites for hydroxylation is 1. The highest BCUT2D eigenvalue weighted by Gasteiger charge is 2.31. The second-order valence-corrected chi connectivity index (χ2v) is 26.9. The van der Waals surface area contributed by atoms with Gasteiger partial charge in [-0.1, -0.05) is 201 Å². The molecule has 0 amide bonds. The third-order valence-electron chi connectivity index (χ3n) is 15.0. The Balaban J connectivity index is 1.31. The molecule has 7 aromatic carbocycles. The SMILES string of the molecule is Cc1cc(C(C)(C)C)ccc1-c1cc2cc(-c3cccc4c3nc(-c3cc(C(C)(C)C)cc(C(C)(C)C)c3O)n4-c3ccc(C(C)(C)C)cc3-c3ccccc3)nc(-c3cc(C(C)(C)C)c4ccccc4c3)c2s1. The first-order valence-electron chi connectivity index (χ1n) is 26.4. The fourth-order valence-electron chi connectivity index (χ4n) is 10.6. The van der Waals surface area contributed by atoms with Gasteiger partial charge in [0.25, 0.3) is 0 Å². The van der Waals surface area contributed by atoms with E-state index in [0.29, 0.717) is 11.4 Å². The highest BCUT2D eigenvalue weighted by atomic mass is 32.1. The van der Waals surface area contributed by atoms with Gasteiger partial charge in [0.15, 0.2) is 0 Å². The van der Waals surface area contributed by atoms with Crippen LogP contribution in [0.4, 0.5) is 0 Å². The summed E-state index contributed by atoms with van der Waals surface area (Å²) in [6, 6.07) is 53.5. The average Bonchev–Trinajstić information content (AvgIpc) is 3.94. The minimum Gasteiger partial charge on any atom is -0.507 e. The van der Waals surface area contributed by atoms with Crippen molar-refractivity contribution in [2.45, 2.75) is 138 Å². The van der Waals surface area contributed by atoms with Crippen molar-refractivity contribution in [3.63, 3.8) is 0 Å². The number of aromatic nitrogens is 3. The lowest BCUT2D eigenvalue weighted by Gasteiger charge is -2.28. The highest BCUT2D eigenvalue weighted by Crippen LogP contribution is 2.48. The molecule has 3 heterocycles. The van der Waals surface area contributed by atoms with Gasteiger partial charge in [0.2, 0.25) is 0 Å². The number of hydrogen-bond acceptors (Lipinski definition) is 4. The van der Waals surface area contributed by atoms with Crippen LogP contribution in [-0.4, -0.2) is 19.6 Å². The summed E-state index contributed by atoms with van der Waals surface area (Å²) in [5.74, 6) is 0.931. The zero-order chi connectivity index (χ0) is 53.0. The highest BCUT2D eigenvalue weighted by molar-refractivity contribution is 7.22. The summed E-state index contributed by atoms with van der Waals surface area (Å²) >= 11 is 1.83. The molecule has 0 spiro atoms. The molecule has 0 unspecified atom stereocenters. The predicted molar refractivity (Wildman–Crippen MR) is 319 cm³/mol. The Kier molecular flexibility index (Phi) is 12.3. The molecule has 0 radical (unpaired) electrons. The van der Waals surface area contributed by atoms with Crippen molar-refractivity contribution in [3.8, 4) is 66.9 Å². The molecular weight excluding hydrogens is 919 g/mol. The summed E-state index contributed by atoms with van der Waals surface area (Å²) in [5, 5.41) is 16.3. The fourth-order valence-corrected chi connectivity index (χ4v) is 11.8. The van der Waals surface area contributed by atoms with Crippen molar-refractivity contribution in [2.24, 2.45) is 0 Å². The third-order valence-corrected chi connectivity index (χ3v) is 16.2. The Bertz CT molecular complexity index is 3810. The molecular formula is C69H73N3OS. The van der Waals surface area contributed by atoms with Gasteiger partial charge in [0, 0.05) is 27.1 Å². The molecule has 1 N–H and O–H groups in total. The van der Waals surface area contributed by atoms with Gasteiger partial charge in [-0.3, -0.25) is 4.57 Å². The van der Waals surface area contributed by atoms with Gasteiger partial charge in [-0.25, -0.2) is 9.97 Å². The summed E-state index contributed by atoms with van der Waals surface area (Å²) in [6.45, 7) is 36.1. The van der Waals surface area contributed by atoms with Gasteiger partial charge in [-0.05, 0) is 138 Å². The van der Waals surface area contributed by atoms with Crippen molar-refractivity contribution in [1.29, 1.82) is 0 Å². The lowest BCUT2D eigenvalue weighted by molar-refractivity contribution is 0.446. The van der Waals surface area contributed by atoms with Crippen LogP contribution >= 0.6 is 11.3 Å². The Morgan fingerprint density at radius 3 is 1.76 bits per heavy atom. The predicted octanol–water partition coefficient (Wildman–Crippen LogP) is 19.6. The van der Waals surface area contributed by atoms with E-state index in [9.17, 15) is 5.11 Å². The van der Waals surface area contributed by atoms with Gasteiger partial charge in [0.1, 0.15) is 11.6 Å². The van der Waals surface area contributed by atoms with E-state index in [1.54, 1.807) is 0 Å². The number of thiophene rings is 1. The van der Waals surface area contributed by atoms with E-state index in [2.05, 4.69) is 261 Å². The normalized spacial score (nSPS) is 12.9. The number of benzene rings is 7. The maximum Gasteiger partial charge on any atom is 0.149 e. The summed E-state index contributed by atoms with van der Waals surface area (Å²) in [4.78, 5) is 12.8. The van der Waals surface area contributed by atoms with Gasteiger partial charge in [0.05, 0.1) is 38.4 Å². The summed E-state index contributed by atoms with van der Waals surface area (Å²) < 4.78 is 3.45. The number of phenols is 1. The summed E-state index contributed by atoms with van der Waals surface area (Å²) in [6.07, 6.45) is 0. The smallest absolute Gasteiger partial charge is 0.149 e. The van der Waals surface area contributed by atoms with E-state index in [0.717, 1.165) is 71.6 Å². The Morgan fingerprint density at radius 1 is 0.459 bits per heavy atom. The van der Waals surface area contributed by atoms with Crippen molar-refractivity contribution >= 4 is 43.2 Å². The van der Waals surface area contributed by atoms with Crippen LogP contribution in [0.25, 0.3) is 93.0 Å². The zero-order valence-electron chi connectivity index (χ0n) is 46.6. The summed E-state index contributed by atoms with van der Waals surface area (Å²) in [7, 11) is 0. The molecule has 4 nitrogen and oxygen atoms in total. The van der Waals surface area contributed by atoms with E-state index in [4.69, 9.17) is 9.97 Å². The number of para-hydroxylation sites is 1. The molecule has 0 aliphatic heterocycles. The molecule has 0 saturated carbocycles. The van der Waals surface area contributed by atoms with E-state index in [1.807, 2.05) is 11.3 Å². The molecule has 3 aromatic heterocycles. The monoisotopic (exact) mass is 992 g/mol. The van der Waals surface area contributed by atoms with Crippen molar-refractivity contribution in [3.05, 3.63) is 179 Å². The van der Waals surface area contributed by atoms with E-state index in [1.165, 1.54) is 43.5 Å². The van der Waals surface area contributed by atoms with Crippen molar-refractivity contribution < 1.29 is 5.11 Å². The van der Waals surface area contributed by atoms with Gasteiger partial charge < -0.3 is 5.11 Å². The van der Waals surface area contributed by atoms with E-state index in [-0.39, 0.29) is 32.8 Å². The first kappa shape index (κ1) is 50.7. The minimum absolute atomic E-state index is 0.0478. The quantitative estimate of drug-likeness (QED) is 0.181. The molecule has 0 saturated heterocycles. The molecule has 0 bridgehead atoms. The van der Waals surface area contributed by atoms with Gasteiger partial charge in [-0.15, -0.1) is 11.3 Å². The molecule has 0 atom stereocenters. The maximum atomic E-state index is 12.7. The van der Waals surface area contributed by atoms with Crippen LogP contribution in [-0.2, 0) is 27.1 Å². The fraction of sp³-hybridized carbons (Fsp3) is 0.304. The molecule has 5 heteroatoms. The van der Waals surface area contributed by atoms with E-state index < -0.39 is 0 Å². The van der Waals surface area contributed by atoms with Crippen LogP contribution in [0, 0.1) is 6.92 Å². The Labute approximate surface area is 444 Å². The number of phenolic OH excluding ortho intramolecular Hbond substituents is 1. The van der Waals surface area contributed by atoms with Crippen LogP contribution in [0.3, 0.4) is 0 Å². The Hall–Kier alpha value is -6.82. The van der Waals surface area contributed by atoms with E-state index >= 15 is 0 Å². The molecule has 10 aromatic rings. The van der Waals surface area contributed by atoms with Crippen LogP contribution in [0.15, 0.2) is 146 Å². The molecule has 74 heavy (non-hydrogen) atoms. The number of rotatable bonds is 6. The average molecular weight is 992 g/mol. The number of nitrogens with zero attached hydrogens (tertiary/aromatic N) is 3. The first-order chi connectivity index (χ1) is 34.7. The standard InChI is InChI=1S/C69H73N3OS/c1-41-33-46(65(2,3)4)29-31-49(41)59-37-45-36-56(70-60(63(45)74-59)44-34-43-25-20-21-26-50(43)54(35-44)68(11,12)13)51-27-22-28-58-61(51)71-64(53-39-48(67(8,9)10)40-55(62(53)73)69(14,15)16)72(58)57-32-30-47(66(5,6)7)38-52(57)42-23-18-17-19-24-42/h17-40,73H,1-16H3. The van der Waals surface area contributed by atoms with Crippen molar-refractivity contribution in [1.82, 2.24) is 14.5 Å². The van der Waals surface area contributed by atoms with Crippen molar-refractivity contribution in [2.75, 3.05) is 0 Å². The minimum atomic E-state index is -0.344. The molecule has 0 aliphatic carbocycles. The molecule has 10 rings (SSSR count). The number of hydrogen-bond donors (Lipinski definition) is 1. The second-order valence-electron chi connectivity index (χ2n) is 25.9. The lowest BCUT2D eigenvalue weighted by Crippen LogP contribution is -2.17. The zero-order valence-corrected chi connectivity index (χ0v) is 47.4. The lowest BCUT2D eigenvalue weighted by atomic mass is 9.79. The third kappa shape index (κ3) is 9.27. The van der Waals surface area contributed by atoms with Crippen LogP contribution < -0.4 is 0 Å². The number of aromatic hydroxyl groups is 1. The molecule has 0 fully saturated rings. The second kappa shape index (κ2) is 17.9. The van der Waals surface area contributed by atoms with Crippen LogP contribution in [0.1, 0.15) is 137 Å². The largest absolute Gasteiger partial charge is 0.507 e. The first-order valence-corrected chi connectivity index (χ1v) is 27.2.